The molecule has 2 rings (SSSR count). The molecule has 3 N–H and O–H groups in total. The molecule has 2 amide bonds. The number of primary amides is 1. The SMILES string of the molecule is CC(C[CH]C(=O)N[C@H]1CCCN(S(=O)(=O)c2ccccn2)CC1=O)C(N)=O. The summed E-state index contributed by atoms with van der Waals surface area (Å²) in [6, 6.07) is 3.76. The van der Waals surface area contributed by atoms with E-state index in [1.807, 2.05) is 0 Å². The molecular formula is C17H23N4O5S. The Kier molecular flexibility index (Phi) is 7.03. The van der Waals surface area contributed by atoms with Crippen molar-refractivity contribution in [2.75, 3.05) is 13.1 Å². The van der Waals surface area contributed by atoms with Crippen LogP contribution in [0.25, 0.3) is 0 Å². The number of pyridine rings is 1. The van der Waals surface area contributed by atoms with Crippen LogP contribution in [0.2, 0.25) is 0 Å². The van der Waals surface area contributed by atoms with Crippen LogP contribution in [0, 0.1) is 12.3 Å². The summed E-state index contributed by atoms with van der Waals surface area (Å²) in [7, 11) is -3.87. The van der Waals surface area contributed by atoms with Crippen molar-refractivity contribution in [2.24, 2.45) is 11.7 Å². The number of carbonyl (C=O) groups excluding carboxylic acids is 3. The van der Waals surface area contributed by atoms with E-state index in [1.165, 1.54) is 18.7 Å². The first-order chi connectivity index (χ1) is 12.7. The van der Waals surface area contributed by atoms with Gasteiger partial charge in [0.1, 0.15) is 0 Å². The molecule has 1 aromatic rings. The quantitative estimate of drug-likeness (QED) is 0.646. The zero-order valence-corrected chi connectivity index (χ0v) is 15.8. The van der Waals surface area contributed by atoms with Crippen LogP contribution in [0.4, 0.5) is 0 Å². The van der Waals surface area contributed by atoms with Crippen molar-refractivity contribution in [1.82, 2.24) is 14.6 Å². The van der Waals surface area contributed by atoms with Crippen molar-refractivity contribution in [3.8, 4) is 0 Å². The van der Waals surface area contributed by atoms with E-state index in [0.717, 1.165) is 4.31 Å². The molecule has 2 atom stereocenters. The van der Waals surface area contributed by atoms with Gasteiger partial charge >= 0.3 is 0 Å². The van der Waals surface area contributed by atoms with Crippen LogP contribution in [-0.2, 0) is 24.4 Å². The van der Waals surface area contributed by atoms with Gasteiger partial charge in [0.25, 0.3) is 10.0 Å². The summed E-state index contributed by atoms with van der Waals surface area (Å²) in [4.78, 5) is 39.3. The lowest BCUT2D eigenvalue weighted by molar-refractivity contribution is -0.126. The maximum absolute atomic E-state index is 12.6. The Balaban J connectivity index is 1.98. The summed E-state index contributed by atoms with van der Waals surface area (Å²) in [5.41, 5.74) is 5.14. The average molecular weight is 395 g/mol. The molecule has 1 aliphatic heterocycles. The fraction of sp³-hybridized carbons (Fsp3) is 0.471. The topological polar surface area (TPSA) is 140 Å². The first-order valence-corrected chi connectivity index (χ1v) is 10.0. The van der Waals surface area contributed by atoms with E-state index in [1.54, 1.807) is 19.1 Å². The van der Waals surface area contributed by atoms with Crippen LogP contribution in [-0.4, -0.2) is 54.4 Å². The number of ketones is 1. The minimum atomic E-state index is -3.87. The van der Waals surface area contributed by atoms with Crippen LogP contribution < -0.4 is 11.1 Å². The van der Waals surface area contributed by atoms with E-state index in [0.29, 0.717) is 12.8 Å². The van der Waals surface area contributed by atoms with Crippen molar-refractivity contribution in [2.45, 2.75) is 37.3 Å². The maximum atomic E-state index is 12.6. The maximum Gasteiger partial charge on any atom is 0.260 e. The Morgan fingerprint density at radius 1 is 1.44 bits per heavy atom. The minimum Gasteiger partial charge on any atom is -0.369 e. The second-order valence-corrected chi connectivity index (χ2v) is 8.30. The lowest BCUT2D eigenvalue weighted by atomic mass is 10.0. The van der Waals surface area contributed by atoms with Crippen LogP contribution in [0.1, 0.15) is 26.2 Å². The van der Waals surface area contributed by atoms with Gasteiger partial charge in [0, 0.05) is 18.7 Å². The third-order valence-corrected chi connectivity index (χ3v) is 6.08. The standard InChI is InChI=1S/C17H23N4O5S/c1-12(17(18)24)7-8-15(23)20-13-5-4-10-21(11-14(13)22)27(25,26)16-6-2-3-9-19-16/h2-3,6,8-9,12-13H,4-5,7,10-11H2,1H3,(H2,18,24)(H,20,23)/t12?,13-/m0/s1. The number of hydrogen-bond donors (Lipinski definition) is 2. The summed E-state index contributed by atoms with van der Waals surface area (Å²) in [5.74, 6) is -1.88. The van der Waals surface area contributed by atoms with E-state index in [9.17, 15) is 22.8 Å². The highest BCUT2D eigenvalue weighted by molar-refractivity contribution is 7.89. The fourth-order valence-electron chi connectivity index (χ4n) is 2.62. The molecule has 1 fully saturated rings. The van der Waals surface area contributed by atoms with Crippen molar-refractivity contribution in [1.29, 1.82) is 0 Å². The number of nitrogens with zero attached hydrogens (tertiary/aromatic N) is 2. The number of Topliss-reactive ketones (excluding diaryl/α,β-unsaturated/α-hetero) is 1. The van der Waals surface area contributed by atoms with Crippen molar-refractivity contribution in [3.63, 3.8) is 0 Å². The average Bonchev–Trinajstić information content (AvgIpc) is 2.82. The van der Waals surface area contributed by atoms with Gasteiger partial charge in [0.15, 0.2) is 10.8 Å². The highest BCUT2D eigenvalue weighted by Gasteiger charge is 2.33. The van der Waals surface area contributed by atoms with Crippen LogP contribution >= 0.6 is 0 Å². The zero-order chi connectivity index (χ0) is 20.0. The second kappa shape index (κ2) is 9.05. The molecule has 0 aliphatic carbocycles. The zero-order valence-electron chi connectivity index (χ0n) is 15.0. The highest BCUT2D eigenvalue weighted by Crippen LogP contribution is 2.18. The Morgan fingerprint density at radius 2 is 2.19 bits per heavy atom. The Hall–Kier alpha value is -2.33. The van der Waals surface area contributed by atoms with Crippen LogP contribution in [0.15, 0.2) is 29.4 Å². The molecule has 0 spiro atoms. The summed E-state index contributed by atoms with van der Waals surface area (Å²) in [6.07, 6.45) is 3.56. The van der Waals surface area contributed by atoms with E-state index < -0.39 is 39.6 Å². The molecular weight excluding hydrogens is 372 g/mol. The van der Waals surface area contributed by atoms with Crippen LogP contribution in [0.5, 0.6) is 0 Å². The largest absolute Gasteiger partial charge is 0.369 e. The van der Waals surface area contributed by atoms with E-state index in [2.05, 4.69) is 10.3 Å². The molecule has 1 aromatic heterocycles. The Labute approximate surface area is 158 Å². The molecule has 27 heavy (non-hydrogen) atoms. The number of sulfonamides is 1. The van der Waals surface area contributed by atoms with E-state index in [-0.39, 0.29) is 24.5 Å². The van der Waals surface area contributed by atoms with E-state index in [4.69, 9.17) is 5.73 Å². The number of rotatable bonds is 7. The summed E-state index contributed by atoms with van der Waals surface area (Å²) in [6.45, 7) is 1.43. The highest BCUT2D eigenvalue weighted by atomic mass is 32.2. The predicted octanol–water partition coefficient (Wildman–Crippen LogP) is -0.364. The lowest BCUT2D eigenvalue weighted by Crippen LogP contribution is -2.44. The van der Waals surface area contributed by atoms with E-state index >= 15 is 0 Å². The first kappa shape index (κ1) is 21.0. The lowest BCUT2D eigenvalue weighted by Gasteiger charge is -2.19. The molecule has 1 unspecified atom stereocenters. The Morgan fingerprint density at radius 3 is 2.81 bits per heavy atom. The van der Waals surface area contributed by atoms with Gasteiger partial charge in [0.2, 0.25) is 11.8 Å². The number of hydrogen-bond acceptors (Lipinski definition) is 6. The van der Waals surface area contributed by atoms with Gasteiger partial charge in [-0.25, -0.2) is 13.4 Å². The van der Waals surface area contributed by atoms with Crippen LogP contribution in [0.3, 0.4) is 0 Å². The second-order valence-electron chi connectivity index (χ2n) is 6.42. The monoisotopic (exact) mass is 395 g/mol. The molecule has 2 heterocycles. The third kappa shape index (κ3) is 5.57. The van der Waals surface area contributed by atoms with Gasteiger partial charge in [-0.15, -0.1) is 0 Å². The number of nitrogens with two attached hydrogens (primary N) is 1. The minimum absolute atomic E-state index is 0.117. The third-order valence-electron chi connectivity index (χ3n) is 4.32. The smallest absolute Gasteiger partial charge is 0.260 e. The molecule has 1 aliphatic rings. The van der Waals surface area contributed by atoms with Gasteiger partial charge in [-0.2, -0.15) is 4.31 Å². The molecule has 0 aromatic carbocycles. The van der Waals surface area contributed by atoms with Gasteiger partial charge in [-0.05, 0) is 31.4 Å². The van der Waals surface area contributed by atoms with Gasteiger partial charge < -0.3 is 11.1 Å². The van der Waals surface area contributed by atoms with Crippen molar-refractivity contribution < 1.29 is 22.8 Å². The molecule has 1 saturated heterocycles. The number of carbonyl (C=O) groups is 3. The van der Waals surface area contributed by atoms with Gasteiger partial charge in [0.05, 0.1) is 19.0 Å². The summed E-state index contributed by atoms with van der Waals surface area (Å²) >= 11 is 0. The summed E-state index contributed by atoms with van der Waals surface area (Å²) in [5, 5.41) is 2.46. The number of aromatic nitrogens is 1. The molecule has 147 valence electrons. The molecule has 9 nitrogen and oxygen atoms in total. The predicted molar refractivity (Wildman–Crippen MR) is 96.4 cm³/mol. The first-order valence-electron chi connectivity index (χ1n) is 8.58. The van der Waals surface area contributed by atoms with Gasteiger partial charge in [-0.3, -0.25) is 14.4 Å². The molecule has 0 bridgehead atoms. The number of nitrogens with one attached hydrogen (secondary N) is 1. The summed E-state index contributed by atoms with van der Waals surface area (Å²) < 4.78 is 26.3. The molecule has 10 heteroatoms. The normalized spacial score (nSPS) is 19.9. The molecule has 1 radical (unpaired) electrons. The molecule has 0 saturated carbocycles. The Bertz CT molecular complexity index is 797. The number of amides is 2. The fourth-order valence-corrected chi connectivity index (χ4v) is 3.99. The van der Waals surface area contributed by atoms with Crippen molar-refractivity contribution >= 4 is 27.6 Å². The van der Waals surface area contributed by atoms with Gasteiger partial charge in [-0.1, -0.05) is 13.0 Å². The van der Waals surface area contributed by atoms with Crippen molar-refractivity contribution in [3.05, 3.63) is 30.8 Å².